The third kappa shape index (κ3) is 3.08. The van der Waals surface area contributed by atoms with Crippen LogP contribution in [-0.4, -0.2) is 23.0 Å². The first-order valence-electron chi connectivity index (χ1n) is 6.69. The minimum Gasteiger partial charge on any atom is -0.298 e. The monoisotopic (exact) mass is 243 g/mol. The first-order chi connectivity index (χ1) is 8.70. The summed E-state index contributed by atoms with van der Waals surface area (Å²) in [4.78, 5) is 6.37. The highest BCUT2D eigenvalue weighted by Gasteiger charge is 2.31. The second-order valence-electron chi connectivity index (χ2n) is 5.49. The van der Waals surface area contributed by atoms with Gasteiger partial charge in [-0.3, -0.25) is 9.88 Å². The molecule has 3 nitrogen and oxygen atoms in total. The molecule has 1 heterocycles. The van der Waals surface area contributed by atoms with Crippen LogP contribution in [0.3, 0.4) is 0 Å². The Labute approximate surface area is 109 Å². The standard InChI is InChI=1S/C15H21N3/c1-12-3-4-14(10-16)15(9-12)18(2)11-13-5-7-17-8-6-13/h5-8,12,14-15H,3-4,9,11H2,1-2H3. The highest BCUT2D eigenvalue weighted by molar-refractivity contribution is 5.10. The quantitative estimate of drug-likeness (QED) is 0.819. The predicted octanol–water partition coefficient (Wildman–Crippen LogP) is 2.84. The average Bonchev–Trinajstić information content (AvgIpc) is 2.40. The summed E-state index contributed by atoms with van der Waals surface area (Å²) in [7, 11) is 2.13. The molecule has 1 aromatic heterocycles. The zero-order valence-corrected chi connectivity index (χ0v) is 11.2. The fourth-order valence-electron chi connectivity index (χ4n) is 2.88. The molecule has 0 amide bonds. The molecule has 3 heteroatoms. The minimum atomic E-state index is 0.188. The Morgan fingerprint density at radius 3 is 2.78 bits per heavy atom. The molecular weight excluding hydrogens is 222 g/mol. The zero-order valence-electron chi connectivity index (χ0n) is 11.2. The molecule has 0 N–H and O–H groups in total. The number of rotatable bonds is 3. The molecule has 96 valence electrons. The van der Waals surface area contributed by atoms with Gasteiger partial charge in [0.2, 0.25) is 0 Å². The molecule has 0 bridgehead atoms. The van der Waals surface area contributed by atoms with Gasteiger partial charge in [-0.25, -0.2) is 0 Å². The molecule has 3 unspecified atom stereocenters. The highest BCUT2D eigenvalue weighted by Crippen LogP contribution is 2.31. The van der Waals surface area contributed by atoms with Crippen LogP contribution in [0, 0.1) is 23.2 Å². The van der Waals surface area contributed by atoms with E-state index in [4.69, 9.17) is 0 Å². The second-order valence-corrected chi connectivity index (χ2v) is 5.49. The number of aromatic nitrogens is 1. The van der Waals surface area contributed by atoms with Gasteiger partial charge in [0.25, 0.3) is 0 Å². The van der Waals surface area contributed by atoms with E-state index in [9.17, 15) is 5.26 Å². The van der Waals surface area contributed by atoms with Gasteiger partial charge in [-0.1, -0.05) is 6.92 Å². The largest absolute Gasteiger partial charge is 0.298 e. The number of hydrogen-bond acceptors (Lipinski definition) is 3. The highest BCUT2D eigenvalue weighted by atomic mass is 15.1. The Morgan fingerprint density at radius 2 is 2.11 bits per heavy atom. The molecule has 18 heavy (non-hydrogen) atoms. The van der Waals surface area contributed by atoms with Gasteiger partial charge in [0.1, 0.15) is 0 Å². The van der Waals surface area contributed by atoms with Crippen molar-refractivity contribution < 1.29 is 0 Å². The molecule has 1 saturated carbocycles. The molecule has 1 aliphatic carbocycles. The van der Waals surface area contributed by atoms with E-state index in [1.807, 2.05) is 24.5 Å². The van der Waals surface area contributed by atoms with Gasteiger partial charge in [-0.15, -0.1) is 0 Å². The van der Waals surface area contributed by atoms with Crippen molar-refractivity contribution >= 4 is 0 Å². The Morgan fingerprint density at radius 1 is 1.39 bits per heavy atom. The van der Waals surface area contributed by atoms with E-state index >= 15 is 0 Å². The summed E-state index contributed by atoms with van der Waals surface area (Å²) in [5.74, 6) is 0.924. The van der Waals surface area contributed by atoms with Crippen molar-refractivity contribution in [1.82, 2.24) is 9.88 Å². The molecule has 1 aliphatic rings. The van der Waals surface area contributed by atoms with Gasteiger partial charge < -0.3 is 0 Å². The molecule has 1 fully saturated rings. The van der Waals surface area contributed by atoms with Crippen molar-refractivity contribution in [2.24, 2.45) is 11.8 Å². The van der Waals surface area contributed by atoms with Crippen molar-refractivity contribution in [2.75, 3.05) is 7.05 Å². The third-order valence-corrected chi connectivity index (χ3v) is 3.99. The van der Waals surface area contributed by atoms with Crippen LogP contribution in [0.4, 0.5) is 0 Å². The van der Waals surface area contributed by atoms with Crippen LogP contribution in [0.2, 0.25) is 0 Å². The first kappa shape index (κ1) is 13.0. The first-order valence-corrected chi connectivity index (χ1v) is 6.69. The van der Waals surface area contributed by atoms with Gasteiger partial charge in [0.05, 0.1) is 12.0 Å². The van der Waals surface area contributed by atoms with Gasteiger partial charge in [-0.05, 0) is 49.9 Å². The third-order valence-electron chi connectivity index (χ3n) is 3.99. The van der Waals surface area contributed by atoms with E-state index in [1.165, 1.54) is 12.0 Å². The lowest BCUT2D eigenvalue weighted by atomic mass is 9.79. The van der Waals surface area contributed by atoms with Crippen LogP contribution in [-0.2, 0) is 6.54 Å². The average molecular weight is 243 g/mol. The molecule has 0 aliphatic heterocycles. The number of nitriles is 1. The van der Waals surface area contributed by atoms with Crippen molar-refractivity contribution in [3.8, 4) is 6.07 Å². The summed E-state index contributed by atoms with van der Waals surface area (Å²) in [5.41, 5.74) is 1.27. The van der Waals surface area contributed by atoms with E-state index in [2.05, 4.69) is 29.9 Å². The lowest BCUT2D eigenvalue weighted by molar-refractivity contribution is 0.125. The predicted molar refractivity (Wildman–Crippen MR) is 71.6 cm³/mol. The van der Waals surface area contributed by atoms with Crippen molar-refractivity contribution in [3.63, 3.8) is 0 Å². The Hall–Kier alpha value is -1.40. The van der Waals surface area contributed by atoms with Crippen LogP contribution in [0.25, 0.3) is 0 Å². The molecular formula is C15H21N3. The van der Waals surface area contributed by atoms with E-state index in [0.29, 0.717) is 6.04 Å². The fourth-order valence-corrected chi connectivity index (χ4v) is 2.88. The lowest BCUT2D eigenvalue weighted by Crippen LogP contribution is -2.41. The number of hydrogen-bond donors (Lipinski definition) is 0. The minimum absolute atomic E-state index is 0.188. The fraction of sp³-hybridized carbons (Fsp3) is 0.600. The smallest absolute Gasteiger partial charge is 0.0672 e. The van der Waals surface area contributed by atoms with Crippen LogP contribution in [0.15, 0.2) is 24.5 Å². The summed E-state index contributed by atoms with van der Waals surface area (Å²) in [6.45, 7) is 3.19. The maximum atomic E-state index is 9.28. The molecule has 2 rings (SSSR count). The van der Waals surface area contributed by atoms with Crippen molar-refractivity contribution in [3.05, 3.63) is 30.1 Å². The maximum absolute atomic E-state index is 9.28. The molecule has 0 aromatic carbocycles. The van der Waals surface area contributed by atoms with Crippen molar-refractivity contribution in [2.45, 2.75) is 38.8 Å². The molecule has 3 atom stereocenters. The normalized spacial score (nSPS) is 28.0. The van der Waals surface area contributed by atoms with Gasteiger partial charge >= 0.3 is 0 Å². The second kappa shape index (κ2) is 5.97. The zero-order chi connectivity index (χ0) is 13.0. The van der Waals surface area contributed by atoms with Crippen molar-refractivity contribution in [1.29, 1.82) is 5.26 Å². The molecule has 1 aromatic rings. The van der Waals surface area contributed by atoms with Crippen LogP contribution < -0.4 is 0 Å². The summed E-state index contributed by atoms with van der Waals surface area (Å²) in [5, 5.41) is 9.28. The van der Waals surface area contributed by atoms with E-state index in [1.54, 1.807) is 0 Å². The Kier molecular flexibility index (Phi) is 4.33. The van der Waals surface area contributed by atoms with E-state index in [-0.39, 0.29) is 5.92 Å². The summed E-state index contributed by atoms with van der Waals surface area (Å²) >= 11 is 0. The van der Waals surface area contributed by atoms with Crippen LogP contribution in [0.1, 0.15) is 31.7 Å². The van der Waals surface area contributed by atoms with Gasteiger partial charge in [-0.2, -0.15) is 5.26 Å². The summed E-state index contributed by atoms with van der Waals surface area (Å²) < 4.78 is 0. The number of pyridine rings is 1. The maximum Gasteiger partial charge on any atom is 0.0672 e. The summed E-state index contributed by atoms with van der Waals surface area (Å²) in [6, 6.07) is 6.97. The summed E-state index contributed by atoms with van der Waals surface area (Å²) in [6.07, 6.45) is 7.03. The molecule has 0 saturated heterocycles. The molecule has 0 radical (unpaired) electrons. The van der Waals surface area contributed by atoms with Gasteiger partial charge in [0, 0.05) is 25.0 Å². The SMILES string of the molecule is CC1CCC(C#N)C(N(C)Cc2ccncc2)C1. The van der Waals surface area contributed by atoms with E-state index < -0.39 is 0 Å². The molecule has 0 spiro atoms. The Bertz CT molecular complexity index is 409. The number of nitrogens with zero attached hydrogens (tertiary/aromatic N) is 3. The van der Waals surface area contributed by atoms with Crippen LogP contribution in [0.5, 0.6) is 0 Å². The Balaban J connectivity index is 2.02. The topological polar surface area (TPSA) is 39.9 Å². The van der Waals surface area contributed by atoms with Crippen LogP contribution >= 0.6 is 0 Å². The lowest BCUT2D eigenvalue weighted by Gasteiger charge is -2.37. The van der Waals surface area contributed by atoms with Gasteiger partial charge in [0.15, 0.2) is 0 Å². The van der Waals surface area contributed by atoms with E-state index in [0.717, 1.165) is 25.3 Å².